The maximum Gasteiger partial charge on any atom is 0.227 e. The lowest BCUT2D eigenvalue weighted by molar-refractivity contribution is -0.121. The Morgan fingerprint density at radius 3 is 2.72 bits per heavy atom. The van der Waals surface area contributed by atoms with Crippen LogP contribution in [0.4, 0.5) is 5.69 Å². The van der Waals surface area contributed by atoms with Gasteiger partial charge in [0.2, 0.25) is 5.91 Å². The fraction of sp³-hybridized carbons (Fsp3) is 0.417. The topological polar surface area (TPSA) is 61.0 Å². The molecule has 0 spiro atoms. The number of imidazole rings is 1. The van der Waals surface area contributed by atoms with Crippen LogP contribution in [0.15, 0.2) is 42.5 Å². The van der Waals surface area contributed by atoms with E-state index in [2.05, 4.69) is 60.2 Å². The maximum atomic E-state index is 12.8. The van der Waals surface area contributed by atoms with E-state index in [1.165, 1.54) is 11.1 Å². The van der Waals surface area contributed by atoms with Gasteiger partial charge in [-0.25, -0.2) is 4.98 Å². The van der Waals surface area contributed by atoms with Gasteiger partial charge in [-0.1, -0.05) is 38.1 Å². The summed E-state index contributed by atoms with van der Waals surface area (Å²) in [7, 11) is 0. The molecule has 2 heterocycles. The average Bonchev–Trinajstić information content (AvgIpc) is 3.10. The largest absolute Gasteiger partial charge is 0.341 e. The van der Waals surface area contributed by atoms with E-state index in [0.29, 0.717) is 5.92 Å². The highest BCUT2D eigenvalue weighted by molar-refractivity contribution is 5.93. The Morgan fingerprint density at radius 1 is 1.21 bits per heavy atom. The van der Waals surface area contributed by atoms with Gasteiger partial charge >= 0.3 is 0 Å². The zero-order valence-corrected chi connectivity index (χ0v) is 17.5. The molecule has 0 aliphatic carbocycles. The number of aromatic nitrogens is 2. The third-order valence-electron chi connectivity index (χ3n) is 5.86. The number of rotatable bonds is 5. The first-order valence-electron chi connectivity index (χ1n) is 10.6. The molecule has 5 nitrogen and oxygen atoms in total. The van der Waals surface area contributed by atoms with Gasteiger partial charge in [-0.15, -0.1) is 0 Å². The number of aryl methyl sites for hydroxylation is 1. The molecular formula is C24H30N4O. The van der Waals surface area contributed by atoms with Crippen LogP contribution in [0, 0.1) is 12.8 Å². The number of H-pyrrole nitrogens is 1. The summed E-state index contributed by atoms with van der Waals surface area (Å²) in [6.07, 6.45) is 1.77. The first-order chi connectivity index (χ1) is 14.0. The smallest absolute Gasteiger partial charge is 0.227 e. The van der Waals surface area contributed by atoms with Gasteiger partial charge in [0.05, 0.1) is 17.6 Å². The minimum atomic E-state index is 0.0739. The third-order valence-corrected chi connectivity index (χ3v) is 5.86. The number of para-hydroxylation sites is 1. The first-order valence-corrected chi connectivity index (χ1v) is 10.6. The quantitative estimate of drug-likeness (QED) is 0.655. The first kappa shape index (κ1) is 19.6. The van der Waals surface area contributed by atoms with Gasteiger partial charge in [-0.2, -0.15) is 0 Å². The van der Waals surface area contributed by atoms with E-state index in [0.717, 1.165) is 55.0 Å². The van der Waals surface area contributed by atoms with Crippen molar-refractivity contribution in [3.8, 4) is 0 Å². The molecule has 5 heteroatoms. The van der Waals surface area contributed by atoms with Gasteiger partial charge < -0.3 is 10.3 Å². The number of benzene rings is 2. The molecule has 4 rings (SSSR count). The van der Waals surface area contributed by atoms with E-state index in [1.807, 2.05) is 18.2 Å². The Balaban J connectivity index is 1.33. The molecule has 29 heavy (non-hydrogen) atoms. The molecule has 2 N–H and O–H groups in total. The lowest BCUT2D eigenvalue weighted by atomic mass is 9.95. The monoisotopic (exact) mass is 390 g/mol. The van der Waals surface area contributed by atoms with Gasteiger partial charge in [0.25, 0.3) is 0 Å². The van der Waals surface area contributed by atoms with Crippen molar-refractivity contribution in [3.63, 3.8) is 0 Å². The summed E-state index contributed by atoms with van der Waals surface area (Å²) in [5, 5.41) is 3.17. The molecule has 1 amide bonds. The van der Waals surface area contributed by atoms with Crippen LogP contribution >= 0.6 is 0 Å². The number of aromatic amines is 1. The van der Waals surface area contributed by atoms with Crippen molar-refractivity contribution in [2.75, 3.05) is 18.4 Å². The number of carbonyl (C=O) groups is 1. The van der Waals surface area contributed by atoms with Crippen LogP contribution in [0.2, 0.25) is 0 Å². The number of carbonyl (C=O) groups excluding carboxylic acids is 1. The Morgan fingerprint density at radius 2 is 1.97 bits per heavy atom. The second-order valence-electron chi connectivity index (χ2n) is 8.49. The Labute approximate surface area is 172 Å². The fourth-order valence-corrected chi connectivity index (χ4v) is 4.17. The SMILES string of the molecule is Cc1ccc2nc(CN3CCC(C(=O)Nc4ccccc4C(C)C)CC3)[nH]c2c1. The molecule has 1 saturated heterocycles. The van der Waals surface area contributed by atoms with E-state index < -0.39 is 0 Å². The van der Waals surface area contributed by atoms with Gasteiger partial charge in [0.1, 0.15) is 5.82 Å². The number of anilines is 1. The van der Waals surface area contributed by atoms with Crippen LogP contribution in [-0.4, -0.2) is 33.9 Å². The molecule has 0 saturated carbocycles. The van der Waals surface area contributed by atoms with Gasteiger partial charge in [-0.05, 0) is 68.1 Å². The number of amides is 1. The molecule has 1 aliphatic rings. The van der Waals surface area contributed by atoms with E-state index in [1.54, 1.807) is 0 Å². The molecule has 0 unspecified atom stereocenters. The zero-order chi connectivity index (χ0) is 20.4. The van der Waals surface area contributed by atoms with Crippen molar-refractivity contribution in [2.24, 2.45) is 5.92 Å². The summed E-state index contributed by atoms with van der Waals surface area (Å²) in [4.78, 5) is 23.3. The Hall–Kier alpha value is -2.66. The molecule has 2 aromatic carbocycles. The van der Waals surface area contributed by atoms with Gasteiger partial charge in [-0.3, -0.25) is 9.69 Å². The summed E-state index contributed by atoms with van der Waals surface area (Å²) in [6.45, 7) is 9.04. The molecular weight excluding hydrogens is 360 g/mol. The summed E-state index contributed by atoms with van der Waals surface area (Å²) < 4.78 is 0. The highest BCUT2D eigenvalue weighted by atomic mass is 16.1. The number of piperidine rings is 1. The predicted molar refractivity (Wildman–Crippen MR) is 118 cm³/mol. The number of hydrogen-bond acceptors (Lipinski definition) is 3. The number of nitrogens with zero attached hydrogens (tertiary/aromatic N) is 2. The highest BCUT2D eigenvalue weighted by Crippen LogP contribution is 2.26. The van der Waals surface area contributed by atoms with Crippen LogP contribution in [0.3, 0.4) is 0 Å². The number of likely N-dealkylation sites (tertiary alicyclic amines) is 1. The third kappa shape index (κ3) is 4.51. The maximum absolute atomic E-state index is 12.8. The van der Waals surface area contributed by atoms with Crippen LogP contribution in [0.5, 0.6) is 0 Å². The van der Waals surface area contributed by atoms with Crippen molar-refractivity contribution in [1.82, 2.24) is 14.9 Å². The number of fused-ring (bicyclic) bond motifs is 1. The predicted octanol–water partition coefficient (Wildman–Crippen LogP) is 4.85. The minimum absolute atomic E-state index is 0.0739. The highest BCUT2D eigenvalue weighted by Gasteiger charge is 2.26. The molecule has 0 radical (unpaired) electrons. The molecule has 1 fully saturated rings. The molecule has 152 valence electrons. The lowest BCUT2D eigenvalue weighted by Crippen LogP contribution is -2.38. The fourth-order valence-electron chi connectivity index (χ4n) is 4.17. The normalized spacial score (nSPS) is 15.9. The van der Waals surface area contributed by atoms with Gasteiger partial charge in [0, 0.05) is 11.6 Å². The average molecular weight is 391 g/mol. The van der Waals surface area contributed by atoms with Crippen molar-refractivity contribution in [3.05, 3.63) is 59.4 Å². The van der Waals surface area contributed by atoms with Crippen molar-refractivity contribution >= 4 is 22.6 Å². The van der Waals surface area contributed by atoms with Crippen molar-refractivity contribution < 1.29 is 4.79 Å². The zero-order valence-electron chi connectivity index (χ0n) is 17.5. The van der Waals surface area contributed by atoms with Crippen molar-refractivity contribution in [2.45, 2.75) is 46.1 Å². The van der Waals surface area contributed by atoms with Crippen molar-refractivity contribution in [1.29, 1.82) is 0 Å². The second-order valence-corrected chi connectivity index (χ2v) is 8.49. The van der Waals surface area contributed by atoms with Crippen LogP contribution in [0.25, 0.3) is 11.0 Å². The Kier molecular flexibility index (Phi) is 5.67. The number of hydrogen-bond donors (Lipinski definition) is 2. The van der Waals surface area contributed by atoms with Gasteiger partial charge in [0.15, 0.2) is 0 Å². The summed E-state index contributed by atoms with van der Waals surface area (Å²) in [6, 6.07) is 14.4. The van der Waals surface area contributed by atoms with Crippen LogP contribution in [-0.2, 0) is 11.3 Å². The molecule has 1 aromatic heterocycles. The van der Waals surface area contributed by atoms with E-state index in [9.17, 15) is 4.79 Å². The minimum Gasteiger partial charge on any atom is -0.341 e. The second kappa shape index (κ2) is 8.37. The van der Waals surface area contributed by atoms with E-state index in [4.69, 9.17) is 4.98 Å². The molecule has 0 bridgehead atoms. The van der Waals surface area contributed by atoms with E-state index >= 15 is 0 Å². The molecule has 1 aliphatic heterocycles. The van der Waals surface area contributed by atoms with Crippen LogP contribution in [0.1, 0.15) is 49.6 Å². The Bertz CT molecular complexity index is 999. The molecule has 0 atom stereocenters. The molecule has 3 aromatic rings. The summed E-state index contributed by atoms with van der Waals surface area (Å²) in [5.41, 5.74) is 5.49. The van der Waals surface area contributed by atoms with E-state index in [-0.39, 0.29) is 11.8 Å². The lowest BCUT2D eigenvalue weighted by Gasteiger charge is -2.30. The standard InChI is InChI=1S/C24H30N4O/c1-16(2)19-6-4-5-7-20(19)27-24(29)18-10-12-28(13-11-18)15-23-25-21-9-8-17(3)14-22(21)26-23/h4-9,14,16,18H,10-13,15H2,1-3H3,(H,25,26)(H,27,29). The summed E-state index contributed by atoms with van der Waals surface area (Å²) in [5.74, 6) is 1.61. The number of nitrogens with one attached hydrogen (secondary N) is 2. The summed E-state index contributed by atoms with van der Waals surface area (Å²) >= 11 is 0. The van der Waals surface area contributed by atoms with Crippen LogP contribution < -0.4 is 5.32 Å².